The van der Waals surface area contributed by atoms with Gasteiger partial charge < -0.3 is 10.4 Å². The van der Waals surface area contributed by atoms with Crippen molar-refractivity contribution >= 4 is 17.4 Å². The Kier molecular flexibility index (Phi) is 3.99. The molecule has 0 atom stereocenters. The van der Waals surface area contributed by atoms with Crippen LogP contribution in [0.5, 0.6) is 5.75 Å². The largest absolute Gasteiger partial charge is 0.508 e. The van der Waals surface area contributed by atoms with E-state index in [0.717, 1.165) is 17.8 Å². The molecule has 0 spiro atoms. The number of hydrogen-bond donors (Lipinski definition) is 2. The minimum absolute atomic E-state index is 0.261. The van der Waals surface area contributed by atoms with Crippen LogP contribution in [-0.2, 0) is 13.0 Å². The van der Waals surface area contributed by atoms with Gasteiger partial charge in [0.05, 0.1) is 0 Å². The fourth-order valence-corrected chi connectivity index (χ4v) is 1.72. The van der Waals surface area contributed by atoms with Gasteiger partial charge in [-0.3, -0.25) is 0 Å². The third kappa shape index (κ3) is 3.34. The molecule has 2 aromatic rings. The van der Waals surface area contributed by atoms with Gasteiger partial charge in [0.25, 0.3) is 0 Å². The lowest BCUT2D eigenvalue weighted by Crippen LogP contribution is -2.04. The topological polar surface area (TPSA) is 58.0 Å². The zero-order chi connectivity index (χ0) is 13.0. The first kappa shape index (κ1) is 12.6. The maximum Gasteiger partial charge on any atom is 0.134 e. The summed E-state index contributed by atoms with van der Waals surface area (Å²) in [4.78, 5) is 8.43. The first-order valence-corrected chi connectivity index (χ1v) is 6.10. The summed E-state index contributed by atoms with van der Waals surface area (Å²) in [5, 5.41) is 12.8. The average molecular weight is 264 g/mol. The van der Waals surface area contributed by atoms with Crippen molar-refractivity contribution in [2.45, 2.75) is 19.9 Å². The molecule has 0 saturated carbocycles. The number of nitrogens with zero attached hydrogens (tertiary/aromatic N) is 2. The number of aryl methyl sites for hydroxylation is 1. The number of aromatic nitrogens is 2. The predicted octanol–water partition coefficient (Wildman–Crippen LogP) is 3.01. The maximum atomic E-state index is 9.19. The van der Waals surface area contributed by atoms with E-state index in [-0.39, 0.29) is 5.75 Å². The fraction of sp³-hybridized carbons (Fsp3) is 0.231. The highest BCUT2D eigenvalue weighted by atomic mass is 35.5. The number of rotatable bonds is 4. The Morgan fingerprint density at radius 1 is 1.22 bits per heavy atom. The molecule has 0 unspecified atom stereocenters. The van der Waals surface area contributed by atoms with Crippen LogP contribution in [0.3, 0.4) is 0 Å². The number of nitrogens with one attached hydrogen (secondary N) is 1. The summed E-state index contributed by atoms with van der Waals surface area (Å²) in [6.07, 6.45) is 0.744. The lowest BCUT2D eigenvalue weighted by atomic mass is 10.2. The predicted molar refractivity (Wildman–Crippen MR) is 71.9 cm³/mol. The Hall–Kier alpha value is -1.81. The van der Waals surface area contributed by atoms with Gasteiger partial charge in [0.1, 0.15) is 22.5 Å². The van der Waals surface area contributed by atoms with E-state index < -0.39 is 0 Å². The van der Waals surface area contributed by atoms with Crippen molar-refractivity contribution in [3.05, 3.63) is 46.9 Å². The van der Waals surface area contributed by atoms with E-state index in [1.165, 1.54) is 0 Å². The second-order valence-electron chi connectivity index (χ2n) is 3.87. The van der Waals surface area contributed by atoms with E-state index in [0.29, 0.717) is 17.5 Å². The van der Waals surface area contributed by atoms with Crippen LogP contribution in [0.15, 0.2) is 30.3 Å². The van der Waals surface area contributed by atoms with Gasteiger partial charge in [-0.25, -0.2) is 9.97 Å². The molecule has 18 heavy (non-hydrogen) atoms. The minimum atomic E-state index is 0.261. The van der Waals surface area contributed by atoms with Crippen LogP contribution in [-0.4, -0.2) is 15.1 Å². The van der Waals surface area contributed by atoms with E-state index in [9.17, 15) is 5.11 Å². The van der Waals surface area contributed by atoms with E-state index >= 15 is 0 Å². The molecule has 0 bridgehead atoms. The molecule has 0 fully saturated rings. The highest BCUT2D eigenvalue weighted by molar-refractivity contribution is 6.29. The first-order chi connectivity index (χ1) is 8.67. The number of halogens is 1. The Balaban J connectivity index is 2.05. The number of phenolic OH excluding ortho intramolecular Hbond substituents is 1. The number of hydrogen-bond acceptors (Lipinski definition) is 4. The number of benzene rings is 1. The van der Waals surface area contributed by atoms with E-state index in [1.54, 1.807) is 18.2 Å². The molecule has 1 aromatic carbocycles. The van der Waals surface area contributed by atoms with Crippen LogP contribution in [0, 0.1) is 0 Å². The molecule has 5 heteroatoms. The molecule has 94 valence electrons. The van der Waals surface area contributed by atoms with Crippen molar-refractivity contribution < 1.29 is 5.11 Å². The second-order valence-corrected chi connectivity index (χ2v) is 4.25. The maximum absolute atomic E-state index is 9.19. The fourth-order valence-electron chi connectivity index (χ4n) is 1.52. The third-order valence-electron chi connectivity index (χ3n) is 2.47. The van der Waals surface area contributed by atoms with Crippen LogP contribution in [0.2, 0.25) is 5.15 Å². The summed E-state index contributed by atoms with van der Waals surface area (Å²) in [6, 6.07) is 8.71. The molecule has 0 aliphatic carbocycles. The Morgan fingerprint density at radius 2 is 1.94 bits per heavy atom. The van der Waals surface area contributed by atoms with Crippen molar-refractivity contribution in [1.82, 2.24) is 9.97 Å². The normalized spacial score (nSPS) is 10.3. The SMILES string of the molecule is CCc1nc(Cl)cc(NCc2ccc(O)cc2)n1. The Bertz CT molecular complexity index is 528. The van der Waals surface area contributed by atoms with Gasteiger partial charge >= 0.3 is 0 Å². The van der Waals surface area contributed by atoms with Crippen molar-refractivity contribution in [3.63, 3.8) is 0 Å². The molecule has 1 aromatic heterocycles. The van der Waals surface area contributed by atoms with Gasteiger partial charge in [-0.05, 0) is 17.7 Å². The molecule has 0 saturated heterocycles. The number of aromatic hydroxyl groups is 1. The average Bonchev–Trinajstić information content (AvgIpc) is 2.37. The molecule has 4 nitrogen and oxygen atoms in total. The quantitative estimate of drug-likeness (QED) is 0.833. The Labute approximate surface area is 111 Å². The summed E-state index contributed by atoms with van der Waals surface area (Å²) in [5.74, 6) is 1.69. The summed E-state index contributed by atoms with van der Waals surface area (Å²) in [5.41, 5.74) is 1.06. The Morgan fingerprint density at radius 3 is 2.61 bits per heavy atom. The molecule has 2 N–H and O–H groups in total. The van der Waals surface area contributed by atoms with Crippen LogP contribution in [0.4, 0.5) is 5.82 Å². The standard InChI is InChI=1S/C13H14ClN3O/c1-2-12-16-11(14)7-13(17-12)15-8-9-3-5-10(18)6-4-9/h3-7,18H,2,8H2,1H3,(H,15,16,17). The third-order valence-corrected chi connectivity index (χ3v) is 2.66. The summed E-state index contributed by atoms with van der Waals surface area (Å²) < 4.78 is 0. The van der Waals surface area contributed by atoms with Crippen molar-refractivity contribution in [1.29, 1.82) is 0 Å². The van der Waals surface area contributed by atoms with Gasteiger partial charge in [-0.15, -0.1) is 0 Å². The molecule has 0 aliphatic heterocycles. The van der Waals surface area contributed by atoms with Gasteiger partial charge in [0.15, 0.2) is 0 Å². The van der Waals surface area contributed by atoms with Crippen molar-refractivity contribution in [2.75, 3.05) is 5.32 Å². The number of anilines is 1. The van der Waals surface area contributed by atoms with E-state index in [2.05, 4.69) is 15.3 Å². The number of phenols is 1. The van der Waals surface area contributed by atoms with Crippen molar-refractivity contribution in [2.24, 2.45) is 0 Å². The smallest absolute Gasteiger partial charge is 0.134 e. The molecule has 0 radical (unpaired) electrons. The second kappa shape index (κ2) is 5.69. The summed E-state index contributed by atoms with van der Waals surface area (Å²) in [7, 11) is 0. The molecular weight excluding hydrogens is 250 g/mol. The lowest BCUT2D eigenvalue weighted by molar-refractivity contribution is 0.475. The van der Waals surface area contributed by atoms with Crippen molar-refractivity contribution in [3.8, 4) is 5.75 Å². The van der Waals surface area contributed by atoms with Gasteiger partial charge in [0.2, 0.25) is 0 Å². The molecule has 1 heterocycles. The zero-order valence-electron chi connectivity index (χ0n) is 10.0. The summed E-state index contributed by atoms with van der Waals surface area (Å²) in [6.45, 7) is 2.60. The van der Waals surface area contributed by atoms with E-state index in [1.807, 2.05) is 19.1 Å². The molecular formula is C13H14ClN3O. The van der Waals surface area contributed by atoms with Crippen LogP contribution in [0.25, 0.3) is 0 Å². The minimum Gasteiger partial charge on any atom is -0.508 e. The van der Waals surface area contributed by atoms with Crippen LogP contribution < -0.4 is 5.32 Å². The highest BCUT2D eigenvalue weighted by Gasteiger charge is 2.01. The molecule has 2 rings (SSSR count). The monoisotopic (exact) mass is 263 g/mol. The zero-order valence-corrected chi connectivity index (χ0v) is 10.8. The van der Waals surface area contributed by atoms with Gasteiger partial charge in [-0.2, -0.15) is 0 Å². The van der Waals surface area contributed by atoms with Crippen LogP contribution >= 0.6 is 11.6 Å². The van der Waals surface area contributed by atoms with Crippen LogP contribution in [0.1, 0.15) is 18.3 Å². The molecule has 0 amide bonds. The summed E-state index contributed by atoms with van der Waals surface area (Å²) >= 11 is 5.91. The lowest BCUT2D eigenvalue weighted by Gasteiger charge is -2.07. The first-order valence-electron chi connectivity index (χ1n) is 5.72. The van der Waals surface area contributed by atoms with Gasteiger partial charge in [-0.1, -0.05) is 30.7 Å². The molecule has 0 aliphatic rings. The highest BCUT2D eigenvalue weighted by Crippen LogP contribution is 2.14. The van der Waals surface area contributed by atoms with E-state index in [4.69, 9.17) is 11.6 Å². The van der Waals surface area contributed by atoms with Gasteiger partial charge in [0, 0.05) is 19.0 Å².